The molecule has 0 bridgehead atoms. The van der Waals surface area contributed by atoms with Gasteiger partial charge in [-0.1, -0.05) is 19.1 Å². The highest BCUT2D eigenvalue weighted by molar-refractivity contribution is 8.18. The number of thioether (sulfide) groups is 1. The van der Waals surface area contributed by atoms with Crippen molar-refractivity contribution in [1.29, 1.82) is 0 Å². The van der Waals surface area contributed by atoms with Crippen molar-refractivity contribution in [1.82, 2.24) is 9.21 Å². The van der Waals surface area contributed by atoms with Gasteiger partial charge in [0.25, 0.3) is 5.91 Å². The molecule has 40 heavy (non-hydrogen) atoms. The molecule has 0 saturated carbocycles. The molecule has 2 aliphatic heterocycles. The molecule has 2 saturated heterocycles. The lowest BCUT2D eigenvalue weighted by atomic mass is 10.2. The van der Waals surface area contributed by atoms with E-state index in [9.17, 15) is 13.2 Å². The van der Waals surface area contributed by atoms with Crippen LogP contribution in [0.25, 0.3) is 17.4 Å². The van der Waals surface area contributed by atoms with E-state index in [4.69, 9.17) is 18.9 Å². The summed E-state index contributed by atoms with van der Waals surface area (Å²) >= 11 is 1.29. The van der Waals surface area contributed by atoms with Gasteiger partial charge >= 0.3 is 0 Å². The zero-order valence-corrected chi connectivity index (χ0v) is 24.0. The van der Waals surface area contributed by atoms with Gasteiger partial charge in [-0.2, -0.15) is 4.31 Å². The van der Waals surface area contributed by atoms with Crippen LogP contribution in [0, 0.1) is 0 Å². The molecule has 1 aromatic heterocycles. The average Bonchev–Trinajstić information content (AvgIpc) is 3.57. The van der Waals surface area contributed by atoms with E-state index >= 15 is 0 Å². The number of rotatable bonds is 9. The summed E-state index contributed by atoms with van der Waals surface area (Å²) in [6, 6.07) is 18.2. The van der Waals surface area contributed by atoms with Crippen LogP contribution in [0.15, 0.2) is 79.9 Å². The first-order chi connectivity index (χ1) is 19.4. The van der Waals surface area contributed by atoms with Gasteiger partial charge in [0, 0.05) is 31.8 Å². The summed E-state index contributed by atoms with van der Waals surface area (Å²) in [7, 11) is -1.98. The number of ether oxygens (including phenoxy) is 2. The Kier molecular flexibility index (Phi) is 8.87. The second kappa shape index (κ2) is 12.5. The van der Waals surface area contributed by atoms with Crippen molar-refractivity contribution >= 4 is 44.6 Å². The van der Waals surface area contributed by atoms with Gasteiger partial charge in [-0.15, -0.1) is 0 Å². The van der Waals surface area contributed by atoms with Crippen LogP contribution in [-0.2, 0) is 30.7 Å². The molecule has 0 unspecified atom stereocenters. The van der Waals surface area contributed by atoms with Crippen LogP contribution in [0.5, 0.6) is 0 Å². The summed E-state index contributed by atoms with van der Waals surface area (Å²) in [6.07, 6.45) is 2.65. The third kappa shape index (κ3) is 6.24. The zero-order valence-electron chi connectivity index (χ0n) is 22.4. The van der Waals surface area contributed by atoms with E-state index in [1.54, 1.807) is 54.5 Å². The predicted molar refractivity (Wildman–Crippen MR) is 156 cm³/mol. The summed E-state index contributed by atoms with van der Waals surface area (Å²) in [6.45, 7) is 4.35. The summed E-state index contributed by atoms with van der Waals surface area (Å²) < 4.78 is 43.7. The van der Waals surface area contributed by atoms with Gasteiger partial charge in [-0.25, -0.2) is 13.4 Å². The molecule has 0 atom stereocenters. The number of benzene rings is 2. The largest absolute Gasteiger partial charge is 0.457 e. The molecule has 11 heteroatoms. The molecular weight excluding hydrogens is 550 g/mol. The molecule has 2 aliphatic rings. The second-order valence-electron chi connectivity index (χ2n) is 9.22. The van der Waals surface area contributed by atoms with E-state index in [2.05, 4.69) is 6.92 Å². The number of aliphatic imine (C=N–C) groups is 1. The van der Waals surface area contributed by atoms with Crippen molar-refractivity contribution in [2.45, 2.75) is 18.2 Å². The first-order valence-corrected chi connectivity index (χ1v) is 15.3. The fraction of sp³-hybridized carbons (Fsp3) is 0.310. The monoisotopic (exact) mass is 581 g/mol. The Morgan fingerprint density at radius 1 is 1.02 bits per heavy atom. The molecule has 2 aromatic carbocycles. The number of sulfonamides is 1. The highest BCUT2D eigenvalue weighted by Crippen LogP contribution is 2.35. The molecule has 210 valence electrons. The average molecular weight is 582 g/mol. The van der Waals surface area contributed by atoms with Crippen LogP contribution in [0.1, 0.15) is 18.2 Å². The van der Waals surface area contributed by atoms with E-state index in [-0.39, 0.29) is 10.8 Å². The molecule has 3 aromatic rings. The lowest BCUT2D eigenvalue weighted by molar-refractivity contribution is -0.122. The molecule has 1 amide bonds. The fourth-order valence-electron chi connectivity index (χ4n) is 4.33. The number of carbonyl (C=O) groups is 1. The summed E-state index contributed by atoms with van der Waals surface area (Å²) in [5.41, 5.74) is 2.73. The van der Waals surface area contributed by atoms with Gasteiger partial charge < -0.3 is 13.9 Å². The highest BCUT2D eigenvalue weighted by atomic mass is 32.2. The third-order valence-electron chi connectivity index (χ3n) is 6.62. The molecule has 2 fully saturated rings. The molecule has 0 aliphatic carbocycles. The molecule has 9 nitrogen and oxygen atoms in total. The first-order valence-electron chi connectivity index (χ1n) is 13.0. The topological polar surface area (TPSA) is 102 Å². The van der Waals surface area contributed by atoms with E-state index in [0.29, 0.717) is 61.0 Å². The van der Waals surface area contributed by atoms with Crippen molar-refractivity contribution < 1.29 is 27.1 Å². The predicted octanol–water partition coefficient (Wildman–Crippen LogP) is 4.78. The van der Waals surface area contributed by atoms with Crippen molar-refractivity contribution in [3.8, 4) is 11.3 Å². The summed E-state index contributed by atoms with van der Waals surface area (Å²) in [4.78, 5) is 20.3. The lowest BCUT2D eigenvalue weighted by Gasteiger charge is -2.26. The van der Waals surface area contributed by atoms with E-state index in [1.807, 2.05) is 24.3 Å². The number of aryl methyl sites for hydroxylation is 1. The minimum atomic E-state index is -3.57. The number of morpholine rings is 1. The van der Waals surface area contributed by atoms with E-state index in [0.717, 1.165) is 17.7 Å². The normalized spacial score (nSPS) is 18.8. The van der Waals surface area contributed by atoms with Crippen LogP contribution >= 0.6 is 11.8 Å². The quantitative estimate of drug-likeness (QED) is 0.335. The van der Waals surface area contributed by atoms with Gasteiger partial charge in [-0.05, 0) is 72.3 Å². The number of hydrogen-bond donors (Lipinski definition) is 0. The molecule has 3 heterocycles. The molecule has 5 rings (SSSR count). The van der Waals surface area contributed by atoms with E-state index < -0.39 is 10.0 Å². The second-order valence-corrected chi connectivity index (χ2v) is 12.2. The Hall–Kier alpha value is -3.22. The van der Waals surface area contributed by atoms with Crippen LogP contribution in [-0.4, -0.2) is 75.3 Å². The van der Waals surface area contributed by atoms with Crippen LogP contribution in [0.4, 0.5) is 5.69 Å². The summed E-state index contributed by atoms with van der Waals surface area (Å²) in [5.74, 6) is 0.913. The number of hydrogen-bond acceptors (Lipinski definition) is 8. The summed E-state index contributed by atoms with van der Waals surface area (Å²) in [5, 5.41) is 0.585. The minimum Gasteiger partial charge on any atom is -0.457 e. The maximum absolute atomic E-state index is 13.2. The van der Waals surface area contributed by atoms with Crippen LogP contribution < -0.4 is 0 Å². The number of nitrogens with zero attached hydrogens (tertiary/aromatic N) is 3. The Bertz CT molecular complexity index is 1510. The Labute approximate surface area is 238 Å². The van der Waals surface area contributed by atoms with Crippen molar-refractivity contribution in [2.24, 2.45) is 4.99 Å². The number of methoxy groups -OCH3 is 1. The molecule has 0 radical (unpaired) electrons. The Balaban J connectivity index is 1.34. The Morgan fingerprint density at radius 2 is 1.75 bits per heavy atom. The van der Waals surface area contributed by atoms with Crippen LogP contribution in [0.3, 0.4) is 0 Å². The molecule has 0 N–H and O–H groups in total. The number of furan rings is 1. The SMILES string of the molecule is CCc1ccc(N=C2S/C(=C\c3ccc(-c4ccc(S(=O)(=O)N5CCOCC5)cc4)o3)C(=O)N2CCOC)cc1. The fourth-order valence-corrected chi connectivity index (χ4v) is 6.74. The van der Waals surface area contributed by atoms with Gasteiger partial charge in [0.15, 0.2) is 5.17 Å². The maximum atomic E-state index is 13.2. The van der Waals surface area contributed by atoms with Crippen LogP contribution in [0.2, 0.25) is 0 Å². The van der Waals surface area contributed by atoms with Gasteiger partial charge in [0.05, 0.1) is 41.9 Å². The zero-order chi connectivity index (χ0) is 28.1. The standard InChI is InChI=1S/C29H31N3O6S2/c1-3-21-4-8-23(9-5-21)30-29-32(16-17-36-2)28(33)27(39-29)20-24-10-13-26(38-24)22-6-11-25(12-7-22)40(34,35)31-14-18-37-19-15-31/h4-13,20H,3,14-19H2,1-2H3/b27-20-,30-29?. The number of carbonyl (C=O) groups excluding carboxylic acids is 1. The van der Waals surface area contributed by atoms with Gasteiger partial charge in [0.2, 0.25) is 10.0 Å². The van der Waals surface area contributed by atoms with Crippen molar-refractivity contribution in [2.75, 3.05) is 46.6 Å². The van der Waals surface area contributed by atoms with Gasteiger partial charge in [-0.3, -0.25) is 9.69 Å². The van der Waals surface area contributed by atoms with E-state index in [1.165, 1.54) is 21.6 Å². The van der Waals surface area contributed by atoms with Gasteiger partial charge in [0.1, 0.15) is 11.5 Å². The van der Waals surface area contributed by atoms with Crippen molar-refractivity contribution in [3.05, 3.63) is 76.9 Å². The minimum absolute atomic E-state index is 0.165. The number of amidine groups is 1. The Morgan fingerprint density at radius 3 is 2.42 bits per heavy atom. The smallest absolute Gasteiger partial charge is 0.266 e. The lowest BCUT2D eigenvalue weighted by Crippen LogP contribution is -2.40. The number of amides is 1. The third-order valence-corrected chi connectivity index (χ3v) is 9.54. The molecular formula is C29H31N3O6S2. The highest BCUT2D eigenvalue weighted by Gasteiger charge is 2.33. The van der Waals surface area contributed by atoms with Crippen molar-refractivity contribution in [3.63, 3.8) is 0 Å². The maximum Gasteiger partial charge on any atom is 0.266 e. The first kappa shape index (κ1) is 28.3. The molecule has 0 spiro atoms.